The zero-order valence-electron chi connectivity index (χ0n) is 7.63. The van der Waals surface area contributed by atoms with Crippen molar-refractivity contribution in [2.75, 3.05) is 0 Å². The van der Waals surface area contributed by atoms with Crippen LogP contribution >= 0.6 is 0 Å². The highest BCUT2D eigenvalue weighted by atomic mass is 15.3. The molecule has 0 fully saturated rings. The highest BCUT2D eigenvalue weighted by Crippen LogP contribution is 2.08. The average Bonchev–Trinajstić information content (AvgIpc) is 2.31. The van der Waals surface area contributed by atoms with Crippen molar-refractivity contribution in [2.45, 2.75) is 40.2 Å². The Balaban J connectivity index is 2.95. The van der Waals surface area contributed by atoms with Crippen molar-refractivity contribution in [2.24, 2.45) is 0 Å². The minimum absolute atomic E-state index is 0.432. The first kappa shape index (κ1) is 8.24. The Morgan fingerprint density at radius 1 is 1.45 bits per heavy atom. The van der Waals surface area contributed by atoms with E-state index in [1.165, 1.54) is 0 Å². The Hall–Kier alpha value is -0.860. The quantitative estimate of drug-likeness (QED) is 0.647. The van der Waals surface area contributed by atoms with Gasteiger partial charge in [0, 0.05) is 12.5 Å². The molecule has 1 rings (SSSR count). The third kappa shape index (κ3) is 1.59. The van der Waals surface area contributed by atoms with Crippen LogP contribution in [-0.4, -0.2) is 14.8 Å². The van der Waals surface area contributed by atoms with Crippen LogP contribution in [0.25, 0.3) is 0 Å². The van der Waals surface area contributed by atoms with Gasteiger partial charge in [-0.05, 0) is 13.8 Å². The van der Waals surface area contributed by atoms with Crippen LogP contribution in [-0.2, 0) is 6.54 Å². The fraction of sp³-hybridized carbons (Fsp3) is 0.750. The predicted octanol–water partition coefficient (Wildman–Crippen LogP) is 1.73. The lowest BCUT2D eigenvalue weighted by atomic mass is 10.2. The fourth-order valence-corrected chi connectivity index (χ4v) is 0.986. The van der Waals surface area contributed by atoms with Crippen molar-refractivity contribution < 1.29 is 0 Å². The summed E-state index contributed by atoms with van der Waals surface area (Å²) in [7, 11) is 0. The van der Waals surface area contributed by atoms with Crippen LogP contribution in [0.15, 0.2) is 0 Å². The number of aryl methyl sites for hydroxylation is 2. The molecular formula is C8H15N3. The molecule has 0 bridgehead atoms. The lowest BCUT2D eigenvalue weighted by molar-refractivity contribution is 0.620. The highest BCUT2D eigenvalue weighted by Gasteiger charge is 2.07. The van der Waals surface area contributed by atoms with Crippen LogP contribution in [0.1, 0.15) is 38.3 Å². The first-order valence-electron chi connectivity index (χ1n) is 4.06. The van der Waals surface area contributed by atoms with E-state index >= 15 is 0 Å². The Bertz CT molecular complexity index is 237. The summed E-state index contributed by atoms with van der Waals surface area (Å²) in [6, 6.07) is 0. The van der Waals surface area contributed by atoms with E-state index in [0.29, 0.717) is 5.92 Å². The largest absolute Gasteiger partial charge is 0.250 e. The van der Waals surface area contributed by atoms with Gasteiger partial charge in [-0.1, -0.05) is 13.8 Å². The number of nitrogens with zero attached hydrogens (tertiary/aromatic N) is 3. The lowest BCUT2D eigenvalue weighted by Crippen LogP contribution is -1.99. The molecule has 0 unspecified atom stereocenters. The van der Waals surface area contributed by atoms with E-state index in [9.17, 15) is 0 Å². The molecule has 1 aromatic heterocycles. The van der Waals surface area contributed by atoms with E-state index in [2.05, 4.69) is 30.9 Å². The van der Waals surface area contributed by atoms with Gasteiger partial charge < -0.3 is 0 Å². The van der Waals surface area contributed by atoms with E-state index in [1.54, 1.807) is 0 Å². The smallest absolute Gasteiger partial charge is 0.153 e. The van der Waals surface area contributed by atoms with Gasteiger partial charge in [0.1, 0.15) is 5.82 Å². The van der Waals surface area contributed by atoms with E-state index in [4.69, 9.17) is 0 Å². The van der Waals surface area contributed by atoms with E-state index in [0.717, 1.165) is 18.2 Å². The normalized spacial score (nSPS) is 11.0. The van der Waals surface area contributed by atoms with Gasteiger partial charge in [0.25, 0.3) is 0 Å². The van der Waals surface area contributed by atoms with Crippen LogP contribution in [0.2, 0.25) is 0 Å². The number of hydrogen-bond acceptors (Lipinski definition) is 2. The van der Waals surface area contributed by atoms with Gasteiger partial charge in [-0.2, -0.15) is 5.10 Å². The van der Waals surface area contributed by atoms with Crippen LogP contribution in [0.5, 0.6) is 0 Å². The Labute approximate surface area is 67.4 Å². The molecule has 3 heteroatoms. The molecule has 0 aliphatic rings. The first-order valence-corrected chi connectivity index (χ1v) is 4.06. The fourth-order valence-electron chi connectivity index (χ4n) is 0.986. The number of rotatable bonds is 2. The van der Waals surface area contributed by atoms with Crippen molar-refractivity contribution >= 4 is 0 Å². The van der Waals surface area contributed by atoms with Crippen LogP contribution in [0.4, 0.5) is 0 Å². The second kappa shape index (κ2) is 3.03. The third-order valence-corrected chi connectivity index (χ3v) is 1.69. The molecule has 0 spiro atoms. The second-order valence-corrected chi connectivity index (χ2v) is 2.99. The molecule has 0 atom stereocenters. The molecule has 1 aromatic rings. The number of aromatic nitrogens is 3. The summed E-state index contributed by atoms with van der Waals surface area (Å²) in [6.45, 7) is 9.18. The molecule has 0 saturated carbocycles. The summed E-state index contributed by atoms with van der Waals surface area (Å²) >= 11 is 0. The van der Waals surface area contributed by atoms with Crippen molar-refractivity contribution in [1.29, 1.82) is 0 Å². The van der Waals surface area contributed by atoms with Gasteiger partial charge in [-0.15, -0.1) is 0 Å². The summed E-state index contributed by atoms with van der Waals surface area (Å²) in [5.41, 5.74) is 0. The molecule has 1 heterocycles. The van der Waals surface area contributed by atoms with Crippen molar-refractivity contribution in [3.05, 3.63) is 11.6 Å². The maximum atomic E-state index is 4.33. The van der Waals surface area contributed by atoms with Crippen molar-refractivity contribution in [3.8, 4) is 0 Å². The molecule has 0 aliphatic carbocycles. The predicted molar refractivity (Wildman–Crippen MR) is 44.5 cm³/mol. The molecule has 0 aliphatic heterocycles. The Morgan fingerprint density at radius 2 is 2.09 bits per heavy atom. The molecule has 0 N–H and O–H groups in total. The Kier molecular flexibility index (Phi) is 2.27. The van der Waals surface area contributed by atoms with Gasteiger partial charge in [-0.3, -0.25) is 4.68 Å². The second-order valence-electron chi connectivity index (χ2n) is 2.99. The summed E-state index contributed by atoms with van der Waals surface area (Å²) < 4.78 is 1.93. The summed E-state index contributed by atoms with van der Waals surface area (Å²) in [4.78, 5) is 4.33. The van der Waals surface area contributed by atoms with Gasteiger partial charge in [-0.25, -0.2) is 4.98 Å². The van der Waals surface area contributed by atoms with E-state index < -0.39 is 0 Å². The van der Waals surface area contributed by atoms with E-state index in [-0.39, 0.29) is 0 Å². The van der Waals surface area contributed by atoms with Crippen molar-refractivity contribution in [1.82, 2.24) is 14.8 Å². The summed E-state index contributed by atoms with van der Waals surface area (Å²) in [6.07, 6.45) is 0. The zero-order valence-corrected chi connectivity index (χ0v) is 7.63. The average molecular weight is 153 g/mol. The minimum Gasteiger partial charge on any atom is -0.250 e. The van der Waals surface area contributed by atoms with Crippen LogP contribution < -0.4 is 0 Å². The molecule has 11 heavy (non-hydrogen) atoms. The van der Waals surface area contributed by atoms with E-state index in [1.807, 2.05) is 11.6 Å². The van der Waals surface area contributed by atoms with Gasteiger partial charge in [0.05, 0.1) is 0 Å². The first-order chi connectivity index (χ1) is 5.15. The SMILES string of the molecule is CCn1nc(C(C)C)nc1C. The van der Waals surface area contributed by atoms with Gasteiger partial charge in [0.2, 0.25) is 0 Å². The topological polar surface area (TPSA) is 30.7 Å². The molecule has 0 amide bonds. The monoisotopic (exact) mass is 153 g/mol. The molecule has 0 aromatic carbocycles. The lowest BCUT2D eigenvalue weighted by Gasteiger charge is -1.95. The number of hydrogen-bond donors (Lipinski definition) is 0. The van der Waals surface area contributed by atoms with Crippen LogP contribution in [0, 0.1) is 6.92 Å². The summed E-state index contributed by atoms with van der Waals surface area (Å²) in [5, 5.41) is 4.33. The molecule has 0 radical (unpaired) electrons. The van der Waals surface area contributed by atoms with Crippen LogP contribution in [0.3, 0.4) is 0 Å². The zero-order chi connectivity index (χ0) is 8.43. The Morgan fingerprint density at radius 3 is 2.36 bits per heavy atom. The standard InChI is InChI=1S/C8H15N3/c1-5-11-7(4)9-8(10-11)6(2)3/h6H,5H2,1-4H3. The highest BCUT2D eigenvalue weighted by molar-refractivity contribution is 4.94. The van der Waals surface area contributed by atoms with Crippen molar-refractivity contribution in [3.63, 3.8) is 0 Å². The molecular weight excluding hydrogens is 138 g/mol. The molecule has 62 valence electrons. The van der Waals surface area contributed by atoms with Gasteiger partial charge in [0.15, 0.2) is 5.82 Å². The maximum Gasteiger partial charge on any atom is 0.153 e. The maximum absolute atomic E-state index is 4.33. The third-order valence-electron chi connectivity index (χ3n) is 1.69. The molecule has 3 nitrogen and oxygen atoms in total. The van der Waals surface area contributed by atoms with Gasteiger partial charge >= 0.3 is 0 Å². The summed E-state index contributed by atoms with van der Waals surface area (Å²) in [5.74, 6) is 2.39. The molecule has 0 saturated heterocycles. The minimum atomic E-state index is 0.432.